The highest BCUT2D eigenvalue weighted by molar-refractivity contribution is 5.74. The smallest absolute Gasteiger partial charge is 0.317 e. The number of aryl methyl sites for hydroxylation is 2. The van der Waals surface area contributed by atoms with Gasteiger partial charge in [0.25, 0.3) is 0 Å². The van der Waals surface area contributed by atoms with Gasteiger partial charge < -0.3 is 14.8 Å². The van der Waals surface area contributed by atoms with Gasteiger partial charge in [0.15, 0.2) is 0 Å². The van der Waals surface area contributed by atoms with Gasteiger partial charge in [-0.05, 0) is 50.3 Å². The Morgan fingerprint density at radius 3 is 2.48 bits per heavy atom. The summed E-state index contributed by atoms with van der Waals surface area (Å²) in [7, 11) is 0. The van der Waals surface area contributed by atoms with Gasteiger partial charge in [0.05, 0.1) is 12.4 Å². The Balaban J connectivity index is 1.57. The standard InChI is InChI=1S/C19H25FN4O/c1-13-10-16(11-14(2)18(13)20)15(3)22-19(25)23-7-4-17(5-8-23)24-9-6-21-12-24/h6,9-12,15,17H,4-5,7-8H2,1-3H3,(H,22,25)/t15-/m1/s1. The van der Waals surface area contributed by atoms with Crippen molar-refractivity contribution in [3.8, 4) is 0 Å². The van der Waals surface area contributed by atoms with Crippen LogP contribution in [0.15, 0.2) is 30.9 Å². The number of halogens is 1. The van der Waals surface area contributed by atoms with Crippen LogP contribution in [0.3, 0.4) is 0 Å². The first-order valence-electron chi connectivity index (χ1n) is 8.75. The number of benzene rings is 1. The van der Waals surface area contributed by atoms with Crippen LogP contribution in [-0.4, -0.2) is 33.6 Å². The number of hydrogen-bond acceptors (Lipinski definition) is 2. The summed E-state index contributed by atoms with van der Waals surface area (Å²) in [6.07, 6.45) is 7.44. The second-order valence-electron chi connectivity index (χ2n) is 6.87. The maximum Gasteiger partial charge on any atom is 0.317 e. The molecule has 25 heavy (non-hydrogen) atoms. The van der Waals surface area contributed by atoms with E-state index in [4.69, 9.17) is 0 Å². The number of hydrogen-bond donors (Lipinski definition) is 1. The van der Waals surface area contributed by atoms with Gasteiger partial charge >= 0.3 is 6.03 Å². The summed E-state index contributed by atoms with van der Waals surface area (Å²) >= 11 is 0. The molecule has 1 fully saturated rings. The molecule has 1 aromatic carbocycles. The molecule has 134 valence electrons. The highest BCUT2D eigenvalue weighted by atomic mass is 19.1. The Morgan fingerprint density at radius 1 is 1.28 bits per heavy atom. The van der Waals surface area contributed by atoms with Crippen LogP contribution in [0.25, 0.3) is 0 Å². The third kappa shape index (κ3) is 3.83. The fourth-order valence-corrected chi connectivity index (χ4v) is 3.44. The zero-order valence-electron chi connectivity index (χ0n) is 15.0. The maximum atomic E-state index is 13.8. The van der Waals surface area contributed by atoms with Crippen molar-refractivity contribution >= 4 is 6.03 Å². The molecule has 1 aromatic heterocycles. The van der Waals surface area contributed by atoms with Crippen molar-refractivity contribution in [2.24, 2.45) is 0 Å². The Labute approximate surface area is 147 Å². The number of nitrogens with one attached hydrogen (secondary N) is 1. The summed E-state index contributed by atoms with van der Waals surface area (Å²) < 4.78 is 15.9. The number of piperidine rings is 1. The van der Waals surface area contributed by atoms with E-state index in [1.807, 2.05) is 24.3 Å². The van der Waals surface area contributed by atoms with E-state index in [0.29, 0.717) is 17.2 Å². The quantitative estimate of drug-likeness (QED) is 0.922. The van der Waals surface area contributed by atoms with Gasteiger partial charge in [0.2, 0.25) is 0 Å². The van der Waals surface area contributed by atoms with Crippen molar-refractivity contribution in [3.63, 3.8) is 0 Å². The SMILES string of the molecule is Cc1cc([C@@H](C)NC(=O)N2CCC(n3ccnc3)CC2)cc(C)c1F. The molecule has 1 aliphatic rings. The van der Waals surface area contributed by atoms with Crippen LogP contribution in [0.5, 0.6) is 0 Å². The molecule has 2 aromatic rings. The minimum Gasteiger partial charge on any atom is -0.334 e. The number of likely N-dealkylation sites (tertiary alicyclic amines) is 1. The Bertz CT molecular complexity index is 713. The first kappa shape index (κ1) is 17.5. The first-order chi connectivity index (χ1) is 12.0. The minimum absolute atomic E-state index is 0.0591. The molecule has 0 unspecified atom stereocenters. The molecule has 1 atom stereocenters. The van der Waals surface area contributed by atoms with Crippen molar-refractivity contribution in [2.45, 2.75) is 45.7 Å². The van der Waals surface area contributed by atoms with Crippen molar-refractivity contribution in [3.05, 3.63) is 53.4 Å². The third-order valence-corrected chi connectivity index (χ3v) is 5.00. The summed E-state index contributed by atoms with van der Waals surface area (Å²) in [5.74, 6) is -0.177. The number of aromatic nitrogens is 2. The number of imidazole rings is 1. The van der Waals surface area contributed by atoms with E-state index in [1.54, 1.807) is 32.2 Å². The minimum atomic E-state index is -0.177. The molecule has 1 N–H and O–H groups in total. The van der Waals surface area contributed by atoms with Gasteiger partial charge in [-0.25, -0.2) is 14.2 Å². The molecule has 3 rings (SSSR count). The molecule has 0 bridgehead atoms. The zero-order chi connectivity index (χ0) is 18.0. The van der Waals surface area contributed by atoms with Crippen molar-refractivity contribution in [2.75, 3.05) is 13.1 Å². The largest absolute Gasteiger partial charge is 0.334 e. The number of rotatable bonds is 3. The van der Waals surface area contributed by atoms with Gasteiger partial charge in [-0.15, -0.1) is 0 Å². The van der Waals surface area contributed by atoms with Crippen molar-refractivity contribution in [1.29, 1.82) is 0 Å². The Hall–Kier alpha value is -2.37. The van der Waals surface area contributed by atoms with E-state index in [-0.39, 0.29) is 17.9 Å². The predicted octanol–water partition coefficient (Wildman–Crippen LogP) is 3.75. The summed E-state index contributed by atoms with van der Waals surface area (Å²) in [4.78, 5) is 18.5. The molecule has 6 heteroatoms. The van der Waals surface area contributed by atoms with E-state index in [2.05, 4.69) is 14.9 Å². The summed E-state index contributed by atoms with van der Waals surface area (Å²) in [5, 5.41) is 3.03. The van der Waals surface area contributed by atoms with Crippen LogP contribution < -0.4 is 5.32 Å². The number of amides is 2. The van der Waals surface area contributed by atoms with Gasteiger partial charge in [0, 0.05) is 31.5 Å². The fraction of sp³-hybridized carbons (Fsp3) is 0.474. The van der Waals surface area contributed by atoms with Crippen LogP contribution in [0, 0.1) is 19.7 Å². The first-order valence-corrected chi connectivity index (χ1v) is 8.75. The molecular formula is C19H25FN4O. The average molecular weight is 344 g/mol. The number of nitrogens with zero attached hydrogens (tertiary/aromatic N) is 3. The second-order valence-corrected chi connectivity index (χ2v) is 6.87. The molecule has 2 amide bonds. The molecule has 5 nitrogen and oxygen atoms in total. The maximum absolute atomic E-state index is 13.8. The Morgan fingerprint density at radius 2 is 1.92 bits per heavy atom. The van der Waals surface area contributed by atoms with E-state index in [0.717, 1.165) is 31.5 Å². The lowest BCUT2D eigenvalue weighted by Gasteiger charge is -2.33. The number of urea groups is 1. The lowest BCUT2D eigenvalue weighted by atomic mass is 10.0. The molecule has 1 saturated heterocycles. The summed E-state index contributed by atoms with van der Waals surface area (Å²) in [6, 6.07) is 3.80. The van der Waals surface area contributed by atoms with Crippen LogP contribution in [0.2, 0.25) is 0 Å². The topological polar surface area (TPSA) is 50.2 Å². The molecule has 0 saturated carbocycles. The third-order valence-electron chi connectivity index (χ3n) is 5.00. The number of carbonyl (C=O) groups is 1. The van der Waals surface area contributed by atoms with Gasteiger partial charge in [0.1, 0.15) is 5.82 Å². The normalized spacial score (nSPS) is 16.7. The van der Waals surface area contributed by atoms with Crippen molar-refractivity contribution < 1.29 is 9.18 Å². The molecular weight excluding hydrogens is 319 g/mol. The Kier molecular flexibility index (Phi) is 5.06. The van der Waals surface area contributed by atoms with E-state index in [1.165, 1.54) is 0 Å². The predicted molar refractivity (Wildman–Crippen MR) is 94.9 cm³/mol. The average Bonchev–Trinajstić information content (AvgIpc) is 3.14. The summed E-state index contributed by atoms with van der Waals surface area (Å²) in [5.41, 5.74) is 2.15. The summed E-state index contributed by atoms with van der Waals surface area (Å²) in [6.45, 7) is 6.89. The highest BCUT2D eigenvalue weighted by Crippen LogP contribution is 2.23. The zero-order valence-corrected chi connectivity index (χ0v) is 15.0. The molecule has 0 radical (unpaired) electrons. The molecule has 1 aliphatic heterocycles. The van der Waals surface area contributed by atoms with Crippen LogP contribution in [-0.2, 0) is 0 Å². The number of carbonyl (C=O) groups excluding carboxylic acids is 1. The van der Waals surface area contributed by atoms with Gasteiger partial charge in [-0.3, -0.25) is 0 Å². The van der Waals surface area contributed by atoms with Gasteiger partial charge in [-0.1, -0.05) is 12.1 Å². The van der Waals surface area contributed by atoms with E-state index < -0.39 is 0 Å². The lowest BCUT2D eigenvalue weighted by molar-refractivity contribution is 0.169. The fourth-order valence-electron chi connectivity index (χ4n) is 3.44. The second kappa shape index (κ2) is 7.25. The highest BCUT2D eigenvalue weighted by Gasteiger charge is 2.24. The van der Waals surface area contributed by atoms with Crippen molar-refractivity contribution in [1.82, 2.24) is 19.8 Å². The molecule has 0 spiro atoms. The molecule has 0 aliphatic carbocycles. The van der Waals surface area contributed by atoms with E-state index >= 15 is 0 Å². The lowest BCUT2D eigenvalue weighted by Crippen LogP contribution is -2.45. The van der Waals surface area contributed by atoms with Crippen LogP contribution >= 0.6 is 0 Å². The van der Waals surface area contributed by atoms with Crippen LogP contribution in [0.4, 0.5) is 9.18 Å². The van der Waals surface area contributed by atoms with Gasteiger partial charge in [-0.2, -0.15) is 0 Å². The molecule has 2 heterocycles. The van der Waals surface area contributed by atoms with E-state index in [9.17, 15) is 9.18 Å². The monoisotopic (exact) mass is 344 g/mol. The van der Waals surface area contributed by atoms with Crippen LogP contribution in [0.1, 0.15) is 48.5 Å².